The van der Waals surface area contributed by atoms with E-state index in [0.29, 0.717) is 12.8 Å². The van der Waals surface area contributed by atoms with Crippen LogP contribution in [-0.2, 0) is 11.2 Å². The minimum Gasteiger partial charge on any atom is -0.323 e. The van der Waals surface area contributed by atoms with Crippen LogP contribution < -0.4 is 10.6 Å². The molecule has 5 heteroatoms. The fraction of sp³-hybridized carbons (Fsp3) is 0.467. The second-order valence-corrected chi connectivity index (χ2v) is 5.57. The predicted molar refractivity (Wildman–Crippen MR) is 75.2 cm³/mol. The SMILES string of the molecule is O=C1NC(=O)C2(CCN(CCc3ccccc3)CC2)N1. The fourth-order valence-electron chi connectivity index (χ4n) is 2.97. The van der Waals surface area contributed by atoms with Gasteiger partial charge in [0.1, 0.15) is 5.54 Å². The van der Waals surface area contributed by atoms with Crippen LogP contribution in [0, 0.1) is 0 Å². The van der Waals surface area contributed by atoms with Gasteiger partial charge in [0.15, 0.2) is 0 Å². The summed E-state index contributed by atoms with van der Waals surface area (Å²) in [6, 6.07) is 10.0. The molecule has 0 aliphatic carbocycles. The van der Waals surface area contributed by atoms with Crippen molar-refractivity contribution in [1.29, 1.82) is 0 Å². The number of hydrogen-bond acceptors (Lipinski definition) is 3. The van der Waals surface area contributed by atoms with Crippen LogP contribution in [0.2, 0.25) is 0 Å². The number of rotatable bonds is 3. The van der Waals surface area contributed by atoms with E-state index in [4.69, 9.17) is 0 Å². The molecule has 20 heavy (non-hydrogen) atoms. The van der Waals surface area contributed by atoms with Crippen molar-refractivity contribution in [3.8, 4) is 0 Å². The molecular weight excluding hydrogens is 254 g/mol. The maximum atomic E-state index is 11.8. The molecule has 1 spiro atoms. The summed E-state index contributed by atoms with van der Waals surface area (Å²) in [5.41, 5.74) is 0.681. The molecule has 106 valence electrons. The van der Waals surface area contributed by atoms with Crippen molar-refractivity contribution in [3.05, 3.63) is 35.9 Å². The zero-order valence-corrected chi connectivity index (χ0v) is 11.4. The molecule has 2 heterocycles. The van der Waals surface area contributed by atoms with Gasteiger partial charge < -0.3 is 10.2 Å². The highest BCUT2D eigenvalue weighted by Crippen LogP contribution is 2.25. The zero-order valence-electron chi connectivity index (χ0n) is 11.4. The van der Waals surface area contributed by atoms with Crippen molar-refractivity contribution in [2.45, 2.75) is 24.8 Å². The van der Waals surface area contributed by atoms with Gasteiger partial charge in [0.2, 0.25) is 0 Å². The van der Waals surface area contributed by atoms with Gasteiger partial charge in [-0.2, -0.15) is 0 Å². The first-order valence-electron chi connectivity index (χ1n) is 7.08. The molecule has 1 aromatic rings. The molecular formula is C15H19N3O2. The van der Waals surface area contributed by atoms with Gasteiger partial charge in [-0.05, 0) is 24.8 Å². The average Bonchev–Trinajstić information content (AvgIpc) is 2.74. The van der Waals surface area contributed by atoms with Gasteiger partial charge in [-0.25, -0.2) is 4.79 Å². The lowest BCUT2D eigenvalue weighted by atomic mass is 9.87. The number of benzene rings is 1. The van der Waals surface area contributed by atoms with E-state index in [0.717, 1.165) is 26.1 Å². The predicted octanol–water partition coefficient (Wildman–Crippen LogP) is 0.903. The van der Waals surface area contributed by atoms with Crippen LogP contribution >= 0.6 is 0 Å². The third-order valence-corrected chi connectivity index (χ3v) is 4.28. The van der Waals surface area contributed by atoms with E-state index >= 15 is 0 Å². The van der Waals surface area contributed by atoms with Crippen molar-refractivity contribution in [2.75, 3.05) is 19.6 Å². The summed E-state index contributed by atoms with van der Waals surface area (Å²) in [5, 5.41) is 5.13. The zero-order chi connectivity index (χ0) is 14.0. The maximum Gasteiger partial charge on any atom is 0.322 e. The Morgan fingerprint density at radius 3 is 2.40 bits per heavy atom. The number of piperidine rings is 1. The molecule has 2 saturated heterocycles. The van der Waals surface area contributed by atoms with E-state index in [9.17, 15) is 9.59 Å². The Labute approximate surface area is 118 Å². The Bertz CT molecular complexity index is 507. The van der Waals surface area contributed by atoms with E-state index in [1.54, 1.807) is 0 Å². The lowest BCUT2D eigenvalue weighted by Gasteiger charge is -2.36. The number of amides is 3. The fourth-order valence-corrected chi connectivity index (χ4v) is 2.97. The van der Waals surface area contributed by atoms with Gasteiger partial charge in [0, 0.05) is 19.6 Å². The third-order valence-electron chi connectivity index (χ3n) is 4.28. The van der Waals surface area contributed by atoms with Crippen molar-refractivity contribution in [3.63, 3.8) is 0 Å². The van der Waals surface area contributed by atoms with Gasteiger partial charge >= 0.3 is 6.03 Å². The van der Waals surface area contributed by atoms with E-state index < -0.39 is 5.54 Å². The van der Waals surface area contributed by atoms with Crippen LogP contribution in [-0.4, -0.2) is 42.0 Å². The molecule has 0 bridgehead atoms. The summed E-state index contributed by atoms with van der Waals surface area (Å²) in [7, 11) is 0. The maximum absolute atomic E-state index is 11.8. The number of carbonyl (C=O) groups is 2. The topological polar surface area (TPSA) is 61.4 Å². The first-order chi connectivity index (χ1) is 9.68. The summed E-state index contributed by atoms with van der Waals surface area (Å²) in [5.74, 6) is -0.162. The second-order valence-electron chi connectivity index (χ2n) is 5.57. The first-order valence-corrected chi connectivity index (χ1v) is 7.08. The number of carbonyl (C=O) groups excluding carboxylic acids is 2. The highest BCUT2D eigenvalue weighted by atomic mass is 16.2. The van der Waals surface area contributed by atoms with Crippen LogP contribution in [0.15, 0.2) is 30.3 Å². The van der Waals surface area contributed by atoms with E-state index in [2.05, 4.69) is 39.8 Å². The smallest absolute Gasteiger partial charge is 0.322 e. The quantitative estimate of drug-likeness (QED) is 0.805. The van der Waals surface area contributed by atoms with Crippen molar-refractivity contribution < 1.29 is 9.59 Å². The monoisotopic (exact) mass is 273 g/mol. The number of nitrogens with one attached hydrogen (secondary N) is 2. The minimum absolute atomic E-state index is 0.162. The van der Waals surface area contributed by atoms with Crippen molar-refractivity contribution >= 4 is 11.9 Å². The van der Waals surface area contributed by atoms with E-state index in [1.807, 2.05) is 6.07 Å². The standard InChI is InChI=1S/C15H19N3O2/c19-13-15(17-14(20)16-13)7-10-18(11-8-15)9-6-12-4-2-1-3-5-12/h1-5H,6-11H2,(H2,16,17,19,20). The molecule has 0 atom stereocenters. The Kier molecular flexibility index (Phi) is 3.44. The molecule has 2 aliphatic heterocycles. The highest BCUT2D eigenvalue weighted by Gasteiger charge is 2.47. The van der Waals surface area contributed by atoms with Crippen molar-refractivity contribution in [1.82, 2.24) is 15.5 Å². The summed E-state index contributed by atoms with van der Waals surface area (Å²) in [4.78, 5) is 25.5. The molecule has 3 amide bonds. The molecule has 2 aliphatic rings. The molecule has 2 N–H and O–H groups in total. The normalized spacial score (nSPS) is 21.8. The van der Waals surface area contributed by atoms with Crippen LogP contribution in [0.1, 0.15) is 18.4 Å². The van der Waals surface area contributed by atoms with Gasteiger partial charge in [-0.15, -0.1) is 0 Å². The molecule has 5 nitrogen and oxygen atoms in total. The highest BCUT2D eigenvalue weighted by molar-refractivity contribution is 6.07. The van der Waals surface area contributed by atoms with Crippen LogP contribution in [0.5, 0.6) is 0 Å². The number of imide groups is 1. The van der Waals surface area contributed by atoms with Crippen LogP contribution in [0.3, 0.4) is 0 Å². The molecule has 0 radical (unpaired) electrons. The lowest BCUT2D eigenvalue weighted by Crippen LogP contribution is -2.55. The second kappa shape index (κ2) is 5.25. The summed E-state index contributed by atoms with van der Waals surface area (Å²) in [6.45, 7) is 2.69. The molecule has 3 rings (SSSR count). The Hall–Kier alpha value is -1.88. The Morgan fingerprint density at radius 1 is 1.10 bits per heavy atom. The number of hydrogen-bond donors (Lipinski definition) is 2. The molecule has 2 fully saturated rings. The van der Waals surface area contributed by atoms with Gasteiger partial charge in [-0.1, -0.05) is 30.3 Å². The molecule has 0 unspecified atom stereocenters. The molecule has 0 aromatic heterocycles. The van der Waals surface area contributed by atoms with E-state index in [-0.39, 0.29) is 11.9 Å². The summed E-state index contributed by atoms with van der Waals surface area (Å²) in [6.07, 6.45) is 2.41. The largest absolute Gasteiger partial charge is 0.323 e. The van der Waals surface area contributed by atoms with Crippen LogP contribution in [0.25, 0.3) is 0 Å². The summed E-state index contributed by atoms with van der Waals surface area (Å²) >= 11 is 0. The number of urea groups is 1. The van der Waals surface area contributed by atoms with Gasteiger partial charge in [0.05, 0.1) is 0 Å². The number of likely N-dealkylation sites (tertiary alicyclic amines) is 1. The number of nitrogens with zero attached hydrogens (tertiary/aromatic N) is 1. The Morgan fingerprint density at radius 2 is 1.80 bits per heavy atom. The van der Waals surface area contributed by atoms with E-state index in [1.165, 1.54) is 5.56 Å². The van der Waals surface area contributed by atoms with Gasteiger partial charge in [-0.3, -0.25) is 10.1 Å². The van der Waals surface area contributed by atoms with Crippen molar-refractivity contribution in [2.24, 2.45) is 0 Å². The molecule has 0 saturated carbocycles. The molecule has 1 aromatic carbocycles. The lowest BCUT2D eigenvalue weighted by molar-refractivity contribution is -0.125. The van der Waals surface area contributed by atoms with Crippen LogP contribution in [0.4, 0.5) is 4.79 Å². The Balaban J connectivity index is 1.52. The third kappa shape index (κ3) is 2.54. The summed E-state index contributed by atoms with van der Waals surface area (Å²) < 4.78 is 0. The minimum atomic E-state index is -0.652. The average molecular weight is 273 g/mol. The first kappa shape index (κ1) is 13.1. The van der Waals surface area contributed by atoms with Gasteiger partial charge in [0.25, 0.3) is 5.91 Å².